The van der Waals surface area contributed by atoms with Gasteiger partial charge in [-0.15, -0.1) is 0 Å². The highest BCUT2D eigenvalue weighted by molar-refractivity contribution is 5.43. The van der Waals surface area contributed by atoms with Gasteiger partial charge in [-0.2, -0.15) is 15.0 Å². The molecule has 0 aliphatic heterocycles. The second-order valence-corrected chi connectivity index (χ2v) is 4.16. The average Bonchev–Trinajstić information content (AvgIpc) is 2.46. The van der Waals surface area contributed by atoms with Gasteiger partial charge < -0.3 is 36.0 Å². The zero-order valence-corrected chi connectivity index (χ0v) is 11.8. The lowest BCUT2D eigenvalue weighted by molar-refractivity contribution is 0.279. The molecule has 0 fully saturated rings. The SMILES string of the molecule is Nc1nc(N(CCO)CCO)nc(N(CCO)CCO)n1. The minimum atomic E-state index is -0.127. The fourth-order valence-corrected chi connectivity index (χ4v) is 1.76. The van der Waals surface area contributed by atoms with Gasteiger partial charge in [-0.1, -0.05) is 0 Å². The minimum Gasteiger partial charge on any atom is -0.395 e. The molecule has 0 aliphatic rings. The van der Waals surface area contributed by atoms with Crippen molar-refractivity contribution in [3.63, 3.8) is 0 Å². The molecule has 1 aromatic heterocycles. The maximum absolute atomic E-state index is 9.04. The number of nitrogens with zero attached hydrogens (tertiary/aromatic N) is 5. The first kappa shape index (κ1) is 17.3. The zero-order chi connectivity index (χ0) is 15.7. The number of nitrogens with two attached hydrogens (primary N) is 1. The van der Waals surface area contributed by atoms with Crippen molar-refractivity contribution in [2.24, 2.45) is 0 Å². The van der Waals surface area contributed by atoms with Crippen LogP contribution in [0.15, 0.2) is 0 Å². The summed E-state index contributed by atoms with van der Waals surface area (Å²) in [6.07, 6.45) is 0. The van der Waals surface area contributed by atoms with Gasteiger partial charge in [0.25, 0.3) is 0 Å². The lowest BCUT2D eigenvalue weighted by atomic mass is 10.5. The van der Waals surface area contributed by atoms with Gasteiger partial charge in [-0.25, -0.2) is 0 Å². The third-order valence-corrected chi connectivity index (χ3v) is 2.67. The standard InChI is InChI=1S/C11H22N6O4/c12-9-13-10(16(1-5-18)2-6-19)15-11(14-9)17(3-7-20)4-8-21/h18-21H,1-8H2,(H2,12,13,14,15). The zero-order valence-electron chi connectivity index (χ0n) is 11.8. The lowest BCUT2D eigenvalue weighted by Crippen LogP contribution is -2.35. The smallest absolute Gasteiger partial charge is 0.232 e. The fraction of sp³-hybridized carbons (Fsp3) is 0.727. The normalized spacial score (nSPS) is 10.7. The Kier molecular flexibility index (Phi) is 7.61. The van der Waals surface area contributed by atoms with Crippen molar-refractivity contribution in [1.29, 1.82) is 0 Å². The Labute approximate surface area is 122 Å². The molecule has 10 heteroatoms. The molecule has 1 heterocycles. The van der Waals surface area contributed by atoms with Crippen LogP contribution in [0.1, 0.15) is 0 Å². The van der Waals surface area contributed by atoms with Crippen molar-refractivity contribution in [1.82, 2.24) is 15.0 Å². The molecule has 0 aromatic carbocycles. The third kappa shape index (κ3) is 5.27. The Hall–Kier alpha value is -1.75. The molecule has 0 amide bonds. The van der Waals surface area contributed by atoms with Crippen molar-refractivity contribution in [3.05, 3.63) is 0 Å². The number of hydrogen-bond donors (Lipinski definition) is 5. The summed E-state index contributed by atoms with van der Waals surface area (Å²) in [6.45, 7) is 0.450. The molecule has 0 saturated heterocycles. The molecule has 0 atom stereocenters. The van der Waals surface area contributed by atoms with Crippen LogP contribution < -0.4 is 15.5 Å². The quantitative estimate of drug-likeness (QED) is 0.303. The molecule has 120 valence electrons. The number of aromatic nitrogens is 3. The van der Waals surface area contributed by atoms with E-state index in [2.05, 4.69) is 15.0 Å². The number of anilines is 3. The summed E-state index contributed by atoms with van der Waals surface area (Å²) in [5.41, 5.74) is 5.65. The summed E-state index contributed by atoms with van der Waals surface area (Å²) in [5.74, 6) is 0.430. The van der Waals surface area contributed by atoms with E-state index in [0.29, 0.717) is 0 Å². The van der Waals surface area contributed by atoms with E-state index in [0.717, 1.165) is 0 Å². The van der Waals surface area contributed by atoms with Gasteiger partial charge in [0.15, 0.2) is 0 Å². The van der Waals surface area contributed by atoms with Crippen LogP contribution in [0.5, 0.6) is 0 Å². The summed E-state index contributed by atoms with van der Waals surface area (Å²) in [6, 6.07) is 0. The second-order valence-electron chi connectivity index (χ2n) is 4.16. The first-order chi connectivity index (χ1) is 10.2. The van der Waals surface area contributed by atoms with Crippen molar-refractivity contribution in [3.8, 4) is 0 Å². The molecule has 0 aliphatic carbocycles. The van der Waals surface area contributed by atoms with Crippen molar-refractivity contribution in [2.45, 2.75) is 0 Å². The molecule has 0 spiro atoms. The molecule has 0 radical (unpaired) electrons. The summed E-state index contributed by atoms with van der Waals surface area (Å²) >= 11 is 0. The van der Waals surface area contributed by atoms with Crippen LogP contribution in [-0.4, -0.2) is 88.0 Å². The van der Waals surface area contributed by atoms with Crippen LogP contribution in [0.3, 0.4) is 0 Å². The molecule has 0 bridgehead atoms. The van der Waals surface area contributed by atoms with Crippen LogP contribution in [0.2, 0.25) is 0 Å². The van der Waals surface area contributed by atoms with Crippen LogP contribution in [0.4, 0.5) is 17.8 Å². The second kappa shape index (κ2) is 9.23. The highest BCUT2D eigenvalue weighted by Crippen LogP contribution is 2.14. The van der Waals surface area contributed by atoms with Crippen LogP contribution in [-0.2, 0) is 0 Å². The minimum absolute atomic E-state index is 0.0169. The predicted molar refractivity (Wildman–Crippen MR) is 77.0 cm³/mol. The van der Waals surface area contributed by atoms with E-state index in [1.807, 2.05) is 0 Å². The van der Waals surface area contributed by atoms with Crippen LogP contribution >= 0.6 is 0 Å². The van der Waals surface area contributed by atoms with Crippen LogP contribution in [0.25, 0.3) is 0 Å². The molecule has 10 nitrogen and oxygen atoms in total. The van der Waals surface area contributed by atoms with Gasteiger partial charge in [0.1, 0.15) is 0 Å². The van der Waals surface area contributed by atoms with Crippen LogP contribution in [0, 0.1) is 0 Å². The Morgan fingerprint density at radius 2 is 1.00 bits per heavy atom. The van der Waals surface area contributed by atoms with Gasteiger partial charge in [0, 0.05) is 26.2 Å². The van der Waals surface area contributed by atoms with E-state index in [9.17, 15) is 0 Å². The maximum atomic E-state index is 9.04. The molecular formula is C11H22N6O4. The number of hydrogen-bond acceptors (Lipinski definition) is 10. The Balaban J connectivity index is 3.05. The Morgan fingerprint density at radius 3 is 1.29 bits per heavy atom. The first-order valence-corrected chi connectivity index (χ1v) is 6.61. The summed E-state index contributed by atoms with van der Waals surface area (Å²) in [5, 5.41) is 36.2. The van der Waals surface area contributed by atoms with Crippen molar-refractivity contribution < 1.29 is 20.4 Å². The summed E-state index contributed by atoms with van der Waals surface area (Å²) < 4.78 is 0. The fourth-order valence-electron chi connectivity index (χ4n) is 1.76. The van der Waals surface area contributed by atoms with E-state index >= 15 is 0 Å². The number of aliphatic hydroxyl groups excluding tert-OH is 4. The highest BCUT2D eigenvalue weighted by Gasteiger charge is 2.15. The van der Waals surface area contributed by atoms with Gasteiger partial charge in [-0.05, 0) is 0 Å². The van der Waals surface area contributed by atoms with Crippen molar-refractivity contribution in [2.75, 3.05) is 68.1 Å². The largest absolute Gasteiger partial charge is 0.395 e. The van der Waals surface area contributed by atoms with E-state index < -0.39 is 0 Å². The molecule has 6 N–H and O–H groups in total. The molecular weight excluding hydrogens is 280 g/mol. The lowest BCUT2D eigenvalue weighted by Gasteiger charge is -2.24. The van der Waals surface area contributed by atoms with E-state index in [4.69, 9.17) is 26.2 Å². The molecule has 1 rings (SSSR count). The van der Waals surface area contributed by atoms with E-state index in [1.165, 1.54) is 0 Å². The molecule has 1 aromatic rings. The Morgan fingerprint density at radius 1 is 0.667 bits per heavy atom. The monoisotopic (exact) mass is 302 g/mol. The highest BCUT2D eigenvalue weighted by atomic mass is 16.3. The maximum Gasteiger partial charge on any atom is 0.232 e. The Bertz CT molecular complexity index is 375. The van der Waals surface area contributed by atoms with Gasteiger partial charge in [-0.3, -0.25) is 0 Å². The van der Waals surface area contributed by atoms with E-state index in [1.54, 1.807) is 9.80 Å². The number of nitrogen functional groups attached to an aromatic ring is 1. The molecule has 0 saturated carbocycles. The third-order valence-electron chi connectivity index (χ3n) is 2.67. The molecule has 0 unspecified atom stereocenters. The van der Waals surface area contributed by atoms with Gasteiger partial charge in [0.05, 0.1) is 26.4 Å². The predicted octanol–water partition coefficient (Wildman–Crippen LogP) is -2.96. The van der Waals surface area contributed by atoms with Crippen molar-refractivity contribution >= 4 is 17.8 Å². The number of rotatable bonds is 10. The van der Waals surface area contributed by atoms with Gasteiger partial charge in [0.2, 0.25) is 17.8 Å². The molecule has 21 heavy (non-hydrogen) atoms. The summed E-state index contributed by atoms with van der Waals surface area (Å²) in [4.78, 5) is 15.3. The van der Waals surface area contributed by atoms with Gasteiger partial charge >= 0.3 is 0 Å². The summed E-state index contributed by atoms with van der Waals surface area (Å²) in [7, 11) is 0. The average molecular weight is 302 g/mol. The number of aliphatic hydroxyl groups is 4. The first-order valence-electron chi connectivity index (χ1n) is 6.61. The topological polar surface area (TPSA) is 152 Å². The van der Waals surface area contributed by atoms with E-state index in [-0.39, 0.29) is 70.5 Å².